The molecular weight excluding hydrogens is 384 g/mol. The third-order valence-electron chi connectivity index (χ3n) is 7.22. The molecule has 2 fully saturated rings. The predicted molar refractivity (Wildman–Crippen MR) is 127 cm³/mol. The molecule has 0 spiro atoms. The molecule has 0 aliphatic carbocycles. The Morgan fingerprint density at radius 2 is 1.61 bits per heavy atom. The predicted octanol–water partition coefficient (Wildman–Crippen LogP) is 3.35. The molecule has 0 radical (unpaired) electrons. The lowest BCUT2D eigenvalue weighted by Crippen LogP contribution is -2.42. The molecule has 2 aromatic carbocycles. The molecule has 0 atom stereocenters. The molecule has 3 aliphatic heterocycles. The van der Waals surface area contributed by atoms with Crippen molar-refractivity contribution >= 4 is 11.4 Å². The standard InChI is InChI=1S/C26H36N4O/c1-26(2)22-5-3-20(7-10-29-13-15-31-16-14-29)18-25(22)28-24-6-4-21(17-23(24)26)19-30-11-8-27-9-12-30/h3-6,17-18,27-28H,7-16,19H2,1-2H3. The van der Waals surface area contributed by atoms with E-state index in [0.717, 1.165) is 72.0 Å². The maximum absolute atomic E-state index is 5.48. The minimum atomic E-state index is -0.00187. The van der Waals surface area contributed by atoms with Crippen molar-refractivity contribution in [2.24, 2.45) is 0 Å². The van der Waals surface area contributed by atoms with Crippen molar-refractivity contribution in [3.05, 3.63) is 58.7 Å². The Labute approximate surface area is 186 Å². The van der Waals surface area contributed by atoms with Gasteiger partial charge >= 0.3 is 0 Å². The van der Waals surface area contributed by atoms with E-state index in [9.17, 15) is 0 Å². The summed E-state index contributed by atoms with van der Waals surface area (Å²) in [5.41, 5.74) is 8.16. The number of rotatable bonds is 5. The van der Waals surface area contributed by atoms with Gasteiger partial charge in [-0.1, -0.05) is 38.1 Å². The molecule has 0 unspecified atom stereocenters. The smallest absolute Gasteiger partial charge is 0.0594 e. The molecule has 0 saturated carbocycles. The van der Waals surface area contributed by atoms with Gasteiger partial charge in [0.1, 0.15) is 0 Å². The minimum Gasteiger partial charge on any atom is -0.379 e. The van der Waals surface area contributed by atoms with Crippen LogP contribution in [0.25, 0.3) is 0 Å². The van der Waals surface area contributed by atoms with Gasteiger partial charge in [-0.2, -0.15) is 0 Å². The summed E-state index contributed by atoms with van der Waals surface area (Å²) in [7, 11) is 0. The average molecular weight is 421 g/mol. The SMILES string of the molecule is CC1(C)c2ccc(CCN3CCOCC3)cc2Nc2ccc(CN3CCNCC3)cc21. The molecule has 0 amide bonds. The topological polar surface area (TPSA) is 39.8 Å². The van der Waals surface area contributed by atoms with E-state index in [1.54, 1.807) is 0 Å². The third-order valence-corrected chi connectivity index (χ3v) is 7.22. The van der Waals surface area contributed by atoms with Crippen LogP contribution in [0.3, 0.4) is 0 Å². The van der Waals surface area contributed by atoms with Crippen molar-refractivity contribution in [2.75, 3.05) is 64.3 Å². The number of nitrogens with one attached hydrogen (secondary N) is 2. The first kappa shape index (κ1) is 21.0. The molecule has 2 N–H and O–H groups in total. The van der Waals surface area contributed by atoms with Gasteiger partial charge < -0.3 is 15.4 Å². The second-order valence-electron chi connectivity index (χ2n) is 9.74. The summed E-state index contributed by atoms with van der Waals surface area (Å²) in [5.74, 6) is 0. The molecule has 31 heavy (non-hydrogen) atoms. The van der Waals surface area contributed by atoms with Crippen LogP contribution in [0.15, 0.2) is 36.4 Å². The van der Waals surface area contributed by atoms with E-state index in [2.05, 4.69) is 70.7 Å². The third kappa shape index (κ3) is 4.51. The summed E-state index contributed by atoms with van der Waals surface area (Å²) in [6.45, 7) is 15.2. The maximum Gasteiger partial charge on any atom is 0.0594 e. The summed E-state index contributed by atoms with van der Waals surface area (Å²) in [4.78, 5) is 5.06. The second kappa shape index (κ2) is 8.91. The Morgan fingerprint density at radius 3 is 2.42 bits per heavy atom. The first-order valence-electron chi connectivity index (χ1n) is 11.9. The molecule has 0 bridgehead atoms. The Bertz CT molecular complexity index is 914. The summed E-state index contributed by atoms with van der Waals surface area (Å²) in [5, 5.41) is 7.19. The molecule has 2 saturated heterocycles. The summed E-state index contributed by atoms with van der Waals surface area (Å²) in [6.07, 6.45) is 1.09. The lowest BCUT2D eigenvalue weighted by atomic mass is 9.73. The number of morpholine rings is 1. The molecule has 3 aliphatic rings. The highest BCUT2D eigenvalue weighted by Crippen LogP contribution is 2.45. The number of fused-ring (bicyclic) bond motifs is 2. The molecular formula is C26H36N4O. The van der Waals surface area contributed by atoms with Crippen molar-refractivity contribution < 1.29 is 4.74 Å². The van der Waals surface area contributed by atoms with Crippen LogP contribution in [0.2, 0.25) is 0 Å². The van der Waals surface area contributed by atoms with E-state index in [0.29, 0.717) is 0 Å². The average Bonchev–Trinajstić information content (AvgIpc) is 2.79. The number of piperazine rings is 1. The van der Waals surface area contributed by atoms with Crippen molar-refractivity contribution in [2.45, 2.75) is 32.2 Å². The van der Waals surface area contributed by atoms with Crippen LogP contribution in [0, 0.1) is 0 Å². The lowest BCUT2D eigenvalue weighted by molar-refractivity contribution is 0.0384. The zero-order valence-corrected chi connectivity index (χ0v) is 19.0. The van der Waals surface area contributed by atoms with Crippen molar-refractivity contribution in [1.82, 2.24) is 15.1 Å². The first-order valence-corrected chi connectivity index (χ1v) is 11.9. The summed E-state index contributed by atoms with van der Waals surface area (Å²) >= 11 is 0. The van der Waals surface area contributed by atoms with Crippen LogP contribution in [0.1, 0.15) is 36.1 Å². The highest BCUT2D eigenvalue weighted by atomic mass is 16.5. The fourth-order valence-electron chi connectivity index (χ4n) is 5.24. The van der Waals surface area contributed by atoms with Gasteiger partial charge in [0.05, 0.1) is 13.2 Å². The van der Waals surface area contributed by atoms with E-state index in [4.69, 9.17) is 4.74 Å². The second-order valence-corrected chi connectivity index (χ2v) is 9.74. The van der Waals surface area contributed by atoms with Crippen molar-refractivity contribution in [3.8, 4) is 0 Å². The monoisotopic (exact) mass is 420 g/mol. The number of nitrogens with zero attached hydrogens (tertiary/aromatic N) is 2. The molecule has 5 nitrogen and oxygen atoms in total. The van der Waals surface area contributed by atoms with Gasteiger partial charge in [0.15, 0.2) is 0 Å². The van der Waals surface area contributed by atoms with Crippen LogP contribution in [-0.2, 0) is 23.1 Å². The van der Waals surface area contributed by atoms with Gasteiger partial charge in [-0.25, -0.2) is 0 Å². The minimum absolute atomic E-state index is 0.00187. The highest BCUT2D eigenvalue weighted by Gasteiger charge is 2.33. The zero-order chi connectivity index (χ0) is 21.3. The first-order chi connectivity index (χ1) is 15.1. The van der Waals surface area contributed by atoms with Gasteiger partial charge in [0.25, 0.3) is 0 Å². The van der Waals surface area contributed by atoms with E-state index in [1.165, 1.54) is 33.6 Å². The van der Waals surface area contributed by atoms with Gasteiger partial charge in [-0.15, -0.1) is 0 Å². The molecule has 166 valence electrons. The van der Waals surface area contributed by atoms with E-state index < -0.39 is 0 Å². The quantitative estimate of drug-likeness (QED) is 0.776. The summed E-state index contributed by atoms with van der Waals surface area (Å²) in [6, 6.07) is 14.1. The highest BCUT2D eigenvalue weighted by molar-refractivity contribution is 5.76. The molecule has 5 heteroatoms. The Hall–Kier alpha value is -1.92. The lowest BCUT2D eigenvalue weighted by Gasteiger charge is -2.37. The fourth-order valence-corrected chi connectivity index (χ4v) is 5.24. The van der Waals surface area contributed by atoms with Crippen LogP contribution >= 0.6 is 0 Å². The molecule has 5 rings (SSSR count). The van der Waals surface area contributed by atoms with Crippen LogP contribution < -0.4 is 10.6 Å². The van der Waals surface area contributed by atoms with Gasteiger partial charge in [-0.3, -0.25) is 9.80 Å². The maximum atomic E-state index is 5.48. The van der Waals surface area contributed by atoms with E-state index in [-0.39, 0.29) is 5.41 Å². The fraction of sp³-hybridized carbons (Fsp3) is 0.538. The van der Waals surface area contributed by atoms with Gasteiger partial charge in [0.2, 0.25) is 0 Å². The van der Waals surface area contributed by atoms with Gasteiger partial charge in [-0.05, 0) is 40.8 Å². The largest absolute Gasteiger partial charge is 0.379 e. The van der Waals surface area contributed by atoms with Crippen LogP contribution in [0.4, 0.5) is 11.4 Å². The zero-order valence-electron chi connectivity index (χ0n) is 19.0. The van der Waals surface area contributed by atoms with Crippen LogP contribution in [-0.4, -0.2) is 68.8 Å². The van der Waals surface area contributed by atoms with Crippen molar-refractivity contribution in [1.29, 1.82) is 0 Å². The number of hydrogen-bond donors (Lipinski definition) is 2. The van der Waals surface area contributed by atoms with Crippen LogP contribution in [0.5, 0.6) is 0 Å². The molecule has 0 aromatic heterocycles. The Balaban J connectivity index is 1.33. The number of ether oxygens (including phenoxy) is 1. The van der Waals surface area contributed by atoms with Gasteiger partial charge in [0, 0.05) is 69.1 Å². The number of anilines is 2. The molecule has 2 aromatic rings. The molecule has 3 heterocycles. The number of benzene rings is 2. The number of hydrogen-bond acceptors (Lipinski definition) is 5. The van der Waals surface area contributed by atoms with E-state index >= 15 is 0 Å². The Morgan fingerprint density at radius 1 is 0.839 bits per heavy atom. The normalized spacial score (nSPS) is 21.2. The summed E-state index contributed by atoms with van der Waals surface area (Å²) < 4.78 is 5.48. The van der Waals surface area contributed by atoms with E-state index in [1.807, 2.05) is 0 Å². The van der Waals surface area contributed by atoms with Crippen molar-refractivity contribution in [3.63, 3.8) is 0 Å². The Kier molecular flexibility index (Phi) is 6.02.